The monoisotopic (exact) mass is 511 g/mol. The summed E-state index contributed by atoms with van der Waals surface area (Å²) in [7, 11) is 0. The van der Waals surface area contributed by atoms with Crippen LogP contribution in [0.1, 0.15) is 11.1 Å². The molecule has 2 aromatic carbocycles. The lowest BCUT2D eigenvalue weighted by atomic mass is 10.2. The molecule has 1 aliphatic rings. The highest BCUT2D eigenvalue weighted by atomic mass is 79.9. The van der Waals surface area contributed by atoms with Gasteiger partial charge in [0.05, 0.1) is 24.5 Å². The Labute approximate surface area is 175 Å². The molecular formula is C17H11Br2N3O4S. The van der Waals surface area contributed by atoms with E-state index in [0.717, 1.165) is 5.56 Å². The maximum absolute atomic E-state index is 12.2. The number of nitrogens with zero attached hydrogens (tertiary/aromatic N) is 2. The Bertz CT molecular complexity index is 1010. The van der Waals surface area contributed by atoms with E-state index >= 15 is 0 Å². The molecule has 0 saturated carbocycles. The number of rotatable bonds is 3. The number of nitro benzene ring substituents is 1. The van der Waals surface area contributed by atoms with E-state index in [9.17, 15) is 20.0 Å². The Hall–Kier alpha value is -2.17. The topological polar surface area (TPSA) is 105 Å². The first kappa shape index (κ1) is 19.6. The fourth-order valence-electron chi connectivity index (χ4n) is 2.29. The van der Waals surface area contributed by atoms with Gasteiger partial charge in [-0.05, 0) is 85.9 Å². The molecule has 1 fully saturated rings. The molecule has 0 spiro atoms. The molecular weight excluding hydrogens is 502 g/mol. The van der Waals surface area contributed by atoms with Gasteiger partial charge in [0.15, 0.2) is 5.17 Å². The van der Waals surface area contributed by atoms with Crippen molar-refractivity contribution in [3.63, 3.8) is 0 Å². The summed E-state index contributed by atoms with van der Waals surface area (Å²) in [4.78, 5) is 27.4. The third kappa shape index (κ3) is 4.40. The van der Waals surface area contributed by atoms with Crippen LogP contribution in [0.2, 0.25) is 0 Å². The molecule has 0 unspecified atom stereocenters. The van der Waals surface area contributed by atoms with Gasteiger partial charge in [-0.15, -0.1) is 0 Å². The predicted molar refractivity (Wildman–Crippen MR) is 112 cm³/mol. The Morgan fingerprint density at radius 1 is 1.26 bits per heavy atom. The number of aryl methyl sites for hydroxylation is 1. The number of nitro groups is 1. The number of non-ortho nitro benzene ring substituents is 1. The van der Waals surface area contributed by atoms with Gasteiger partial charge in [-0.1, -0.05) is 0 Å². The number of amides is 1. The van der Waals surface area contributed by atoms with Gasteiger partial charge in [0.25, 0.3) is 11.6 Å². The average Bonchev–Trinajstić information content (AvgIpc) is 2.93. The van der Waals surface area contributed by atoms with Crippen molar-refractivity contribution < 1.29 is 14.8 Å². The van der Waals surface area contributed by atoms with E-state index in [4.69, 9.17) is 0 Å². The zero-order chi connectivity index (χ0) is 19.7. The number of benzene rings is 2. The van der Waals surface area contributed by atoms with Gasteiger partial charge < -0.3 is 10.4 Å². The minimum absolute atomic E-state index is 0.0105. The number of aliphatic imine (C=N–C) groups is 1. The van der Waals surface area contributed by atoms with Crippen molar-refractivity contribution in [3.8, 4) is 5.75 Å². The summed E-state index contributed by atoms with van der Waals surface area (Å²) in [6.45, 7) is 1.72. The molecule has 0 atom stereocenters. The number of hydrogen-bond acceptors (Lipinski definition) is 6. The lowest BCUT2D eigenvalue weighted by Gasteiger charge is -2.02. The van der Waals surface area contributed by atoms with Crippen molar-refractivity contribution in [1.82, 2.24) is 5.32 Å². The summed E-state index contributed by atoms with van der Waals surface area (Å²) in [5.41, 5.74) is 1.88. The van der Waals surface area contributed by atoms with E-state index < -0.39 is 4.92 Å². The van der Waals surface area contributed by atoms with Crippen molar-refractivity contribution in [2.75, 3.05) is 0 Å². The third-order valence-corrected chi connectivity index (χ3v) is 5.72. The summed E-state index contributed by atoms with van der Waals surface area (Å²) in [6, 6.07) is 7.73. The number of carbonyl (C=O) groups is 1. The number of aromatic hydroxyl groups is 1. The van der Waals surface area contributed by atoms with E-state index in [1.165, 1.54) is 23.9 Å². The highest BCUT2D eigenvalue weighted by Gasteiger charge is 2.24. The van der Waals surface area contributed by atoms with Crippen LogP contribution in [-0.4, -0.2) is 21.1 Å². The molecule has 0 radical (unpaired) electrons. The maximum atomic E-state index is 12.2. The van der Waals surface area contributed by atoms with Crippen molar-refractivity contribution in [3.05, 3.63) is 65.4 Å². The highest BCUT2D eigenvalue weighted by molar-refractivity contribution is 9.11. The van der Waals surface area contributed by atoms with Gasteiger partial charge in [-0.25, -0.2) is 4.99 Å². The number of amidine groups is 1. The Morgan fingerprint density at radius 2 is 1.93 bits per heavy atom. The lowest BCUT2D eigenvalue weighted by Crippen LogP contribution is -2.19. The average molecular weight is 513 g/mol. The molecule has 3 rings (SSSR count). The number of thioether (sulfide) groups is 1. The Morgan fingerprint density at radius 3 is 2.52 bits per heavy atom. The fraction of sp³-hybridized carbons (Fsp3) is 0.0588. The van der Waals surface area contributed by atoms with Crippen LogP contribution in [0.3, 0.4) is 0 Å². The van der Waals surface area contributed by atoms with Crippen molar-refractivity contribution in [2.45, 2.75) is 6.92 Å². The van der Waals surface area contributed by atoms with Crippen LogP contribution in [-0.2, 0) is 4.79 Å². The zero-order valence-electron chi connectivity index (χ0n) is 13.7. The lowest BCUT2D eigenvalue weighted by molar-refractivity contribution is -0.384. The molecule has 1 amide bonds. The normalized spacial score (nSPS) is 16.8. The first-order valence-corrected chi connectivity index (χ1v) is 9.87. The molecule has 0 aliphatic carbocycles. The van der Waals surface area contributed by atoms with Crippen molar-refractivity contribution in [2.24, 2.45) is 4.99 Å². The largest absolute Gasteiger partial charge is 0.506 e. The molecule has 1 heterocycles. The molecule has 2 aromatic rings. The van der Waals surface area contributed by atoms with Gasteiger partial charge in [0.1, 0.15) is 5.75 Å². The van der Waals surface area contributed by atoms with Crippen LogP contribution >= 0.6 is 43.6 Å². The Kier molecular flexibility index (Phi) is 5.68. The summed E-state index contributed by atoms with van der Waals surface area (Å²) >= 11 is 7.67. The molecule has 10 heteroatoms. The Balaban J connectivity index is 1.87. The van der Waals surface area contributed by atoms with Gasteiger partial charge in [-0.2, -0.15) is 0 Å². The summed E-state index contributed by atoms with van der Waals surface area (Å²) < 4.78 is 1.00. The highest BCUT2D eigenvalue weighted by Crippen LogP contribution is 2.36. The molecule has 1 aliphatic heterocycles. The number of hydrogen-bond donors (Lipinski definition) is 2. The number of nitrogens with one attached hydrogen (secondary N) is 1. The summed E-state index contributed by atoms with van der Waals surface area (Å²) in [5.74, 6) is -0.213. The maximum Gasteiger partial charge on any atom is 0.269 e. The minimum Gasteiger partial charge on any atom is -0.506 e. The fourth-order valence-corrected chi connectivity index (χ4v) is 4.35. The number of carbonyl (C=O) groups excluding carboxylic acids is 1. The van der Waals surface area contributed by atoms with E-state index in [0.29, 0.717) is 30.3 Å². The van der Waals surface area contributed by atoms with Gasteiger partial charge in [0.2, 0.25) is 0 Å². The second kappa shape index (κ2) is 7.83. The van der Waals surface area contributed by atoms with Gasteiger partial charge in [-0.3, -0.25) is 14.9 Å². The van der Waals surface area contributed by atoms with Crippen LogP contribution < -0.4 is 5.32 Å². The quantitative estimate of drug-likeness (QED) is 0.341. The van der Waals surface area contributed by atoms with Crippen molar-refractivity contribution >= 4 is 72.1 Å². The van der Waals surface area contributed by atoms with E-state index in [1.807, 2.05) is 0 Å². The number of phenolic OH excluding ortho intramolecular Hbond substituents is 1. The number of halogens is 2. The molecule has 7 nitrogen and oxygen atoms in total. The first-order chi connectivity index (χ1) is 12.7. The first-order valence-electron chi connectivity index (χ1n) is 7.47. The SMILES string of the molecule is Cc1cc([N+](=O)[O-])ccc1N=C1NC(=O)/C(=C\c2cc(Br)c(O)c(Br)c2)S1. The van der Waals surface area contributed by atoms with Gasteiger partial charge >= 0.3 is 0 Å². The van der Waals surface area contributed by atoms with Crippen LogP contribution in [0.4, 0.5) is 11.4 Å². The van der Waals surface area contributed by atoms with Crippen LogP contribution in [0.15, 0.2) is 49.2 Å². The standard InChI is InChI=1S/C17H11Br2N3O4S/c1-8-4-10(22(25)26)2-3-13(8)20-17-21-16(24)14(27-17)7-9-5-11(18)15(23)12(19)6-9/h2-7,23H,1H3,(H,20,21,24)/b14-7+. The second-order valence-corrected chi connectivity index (χ2v) is 8.28. The van der Waals surface area contributed by atoms with Crippen LogP contribution in [0.5, 0.6) is 5.75 Å². The van der Waals surface area contributed by atoms with E-state index in [2.05, 4.69) is 42.2 Å². The van der Waals surface area contributed by atoms with Crippen LogP contribution in [0, 0.1) is 17.0 Å². The molecule has 2 N–H and O–H groups in total. The summed E-state index contributed by atoms with van der Waals surface area (Å²) in [5, 5.41) is 23.7. The number of phenols is 1. The summed E-state index contributed by atoms with van der Waals surface area (Å²) in [6.07, 6.45) is 1.68. The van der Waals surface area contributed by atoms with Crippen molar-refractivity contribution in [1.29, 1.82) is 0 Å². The molecule has 0 aromatic heterocycles. The third-order valence-electron chi connectivity index (χ3n) is 3.60. The smallest absolute Gasteiger partial charge is 0.269 e. The van der Waals surface area contributed by atoms with Crippen LogP contribution in [0.25, 0.3) is 6.08 Å². The molecule has 27 heavy (non-hydrogen) atoms. The minimum atomic E-state index is -0.467. The molecule has 0 bridgehead atoms. The van der Waals surface area contributed by atoms with E-state index in [1.54, 1.807) is 31.2 Å². The molecule has 1 saturated heterocycles. The van der Waals surface area contributed by atoms with E-state index in [-0.39, 0.29) is 17.3 Å². The van der Waals surface area contributed by atoms with Gasteiger partial charge in [0, 0.05) is 12.1 Å². The molecule has 138 valence electrons. The second-order valence-electron chi connectivity index (χ2n) is 5.54. The zero-order valence-corrected chi connectivity index (χ0v) is 17.7. The predicted octanol–water partition coefficient (Wildman–Crippen LogP) is 5.03.